The molecule has 0 aliphatic carbocycles. The van der Waals surface area contributed by atoms with Crippen molar-refractivity contribution < 1.29 is 14.3 Å². The van der Waals surface area contributed by atoms with E-state index in [1.165, 1.54) is 0 Å². The van der Waals surface area contributed by atoms with Gasteiger partial charge < -0.3 is 19.8 Å². The molecular weight excluding hydrogens is 306 g/mol. The third-order valence-corrected chi connectivity index (χ3v) is 3.79. The van der Waals surface area contributed by atoms with Crippen LogP contribution in [0.3, 0.4) is 0 Å². The van der Waals surface area contributed by atoms with E-state index in [9.17, 15) is 4.79 Å². The molecule has 0 bridgehead atoms. The summed E-state index contributed by atoms with van der Waals surface area (Å²) in [5.74, 6) is 1.28. The second-order valence-electron chi connectivity index (χ2n) is 5.40. The number of aromatic amines is 1. The number of hydrogen-bond donors (Lipinski definition) is 2. The van der Waals surface area contributed by atoms with Crippen LogP contribution in [0.15, 0.2) is 42.7 Å². The Morgan fingerprint density at radius 3 is 2.67 bits per heavy atom. The average molecular weight is 325 g/mol. The summed E-state index contributed by atoms with van der Waals surface area (Å²) >= 11 is 0. The van der Waals surface area contributed by atoms with Crippen LogP contribution in [-0.2, 0) is 17.8 Å². The topological polar surface area (TPSA) is 76.2 Å². The van der Waals surface area contributed by atoms with E-state index in [4.69, 9.17) is 9.47 Å². The lowest BCUT2D eigenvalue weighted by atomic mass is 10.1. The van der Waals surface area contributed by atoms with Gasteiger partial charge in [-0.05, 0) is 35.4 Å². The van der Waals surface area contributed by atoms with Gasteiger partial charge in [0.25, 0.3) is 0 Å². The number of aromatic nitrogens is 2. The molecule has 1 aromatic heterocycles. The summed E-state index contributed by atoms with van der Waals surface area (Å²) in [6.07, 6.45) is 1.97. The zero-order valence-electron chi connectivity index (χ0n) is 13.6. The molecule has 24 heavy (non-hydrogen) atoms. The van der Waals surface area contributed by atoms with Gasteiger partial charge in [-0.15, -0.1) is 0 Å². The smallest absolute Gasteiger partial charge is 0.224 e. The van der Waals surface area contributed by atoms with Gasteiger partial charge in [0.1, 0.15) is 0 Å². The molecule has 0 saturated carbocycles. The number of nitrogens with zero attached hydrogens (tertiary/aromatic N) is 1. The first-order chi connectivity index (χ1) is 11.7. The number of nitrogens with one attached hydrogen (secondary N) is 2. The number of H-pyrrole nitrogens is 1. The van der Waals surface area contributed by atoms with Crippen LogP contribution in [0.2, 0.25) is 0 Å². The van der Waals surface area contributed by atoms with Crippen LogP contribution >= 0.6 is 0 Å². The quantitative estimate of drug-likeness (QED) is 0.730. The molecule has 2 aromatic carbocycles. The largest absolute Gasteiger partial charge is 0.493 e. The summed E-state index contributed by atoms with van der Waals surface area (Å²) in [5.41, 5.74) is 3.71. The van der Waals surface area contributed by atoms with Gasteiger partial charge in [0.05, 0.1) is 38.0 Å². The van der Waals surface area contributed by atoms with Gasteiger partial charge in [0, 0.05) is 6.54 Å². The summed E-state index contributed by atoms with van der Waals surface area (Å²) in [5, 5.41) is 2.92. The minimum atomic E-state index is -0.0383. The van der Waals surface area contributed by atoms with Crippen LogP contribution in [0.25, 0.3) is 11.0 Å². The van der Waals surface area contributed by atoms with Gasteiger partial charge >= 0.3 is 0 Å². The lowest BCUT2D eigenvalue weighted by Crippen LogP contribution is -2.24. The fourth-order valence-corrected chi connectivity index (χ4v) is 2.53. The zero-order valence-corrected chi connectivity index (χ0v) is 13.6. The second kappa shape index (κ2) is 7.04. The molecule has 6 nitrogen and oxygen atoms in total. The predicted octanol–water partition coefficient (Wildman–Crippen LogP) is 2.44. The van der Waals surface area contributed by atoms with Gasteiger partial charge in [0.2, 0.25) is 5.91 Å². The van der Waals surface area contributed by atoms with Crippen molar-refractivity contribution in [2.24, 2.45) is 0 Å². The number of carbonyl (C=O) groups excluding carboxylic acids is 1. The first-order valence-corrected chi connectivity index (χ1v) is 7.59. The number of amides is 1. The van der Waals surface area contributed by atoms with Crippen molar-refractivity contribution in [3.05, 3.63) is 53.9 Å². The minimum Gasteiger partial charge on any atom is -0.493 e. The summed E-state index contributed by atoms with van der Waals surface area (Å²) in [4.78, 5) is 19.4. The SMILES string of the molecule is COc1ccc(CNC(=O)Cc2ccc3nc[nH]c3c2)cc1OC. The van der Waals surface area contributed by atoms with Gasteiger partial charge in [-0.1, -0.05) is 12.1 Å². The van der Waals surface area contributed by atoms with E-state index in [1.54, 1.807) is 20.5 Å². The molecule has 3 rings (SSSR count). The number of ether oxygens (including phenoxy) is 2. The Balaban J connectivity index is 1.60. The van der Waals surface area contributed by atoms with E-state index in [2.05, 4.69) is 15.3 Å². The molecule has 0 aliphatic rings. The van der Waals surface area contributed by atoms with Crippen LogP contribution in [0.5, 0.6) is 11.5 Å². The Bertz CT molecular complexity index is 858. The molecule has 124 valence electrons. The van der Waals surface area contributed by atoms with Crippen LogP contribution < -0.4 is 14.8 Å². The summed E-state index contributed by atoms with van der Waals surface area (Å²) in [6, 6.07) is 11.3. The van der Waals surface area contributed by atoms with E-state index in [0.717, 1.165) is 22.2 Å². The Hall–Kier alpha value is -3.02. The molecule has 0 radical (unpaired) electrons. The van der Waals surface area contributed by atoms with Gasteiger partial charge in [0.15, 0.2) is 11.5 Å². The Kier molecular flexibility index (Phi) is 4.65. The lowest BCUT2D eigenvalue weighted by Gasteiger charge is -2.10. The molecule has 0 spiro atoms. The number of rotatable bonds is 6. The van der Waals surface area contributed by atoms with Gasteiger partial charge in [-0.3, -0.25) is 4.79 Å². The highest BCUT2D eigenvalue weighted by molar-refractivity contribution is 5.81. The Morgan fingerprint density at radius 2 is 1.88 bits per heavy atom. The molecule has 6 heteroatoms. The highest BCUT2D eigenvalue weighted by Crippen LogP contribution is 2.27. The standard InChI is InChI=1S/C18H19N3O3/c1-23-16-6-4-13(8-17(16)24-2)10-19-18(22)9-12-3-5-14-15(7-12)21-11-20-14/h3-8,11H,9-10H2,1-2H3,(H,19,22)(H,20,21). The Labute approximate surface area is 139 Å². The van der Waals surface area contributed by atoms with Gasteiger partial charge in [-0.2, -0.15) is 0 Å². The Morgan fingerprint density at radius 1 is 1.08 bits per heavy atom. The van der Waals surface area contributed by atoms with Crippen LogP contribution in [0.1, 0.15) is 11.1 Å². The maximum atomic E-state index is 12.1. The van der Waals surface area contributed by atoms with E-state index >= 15 is 0 Å². The number of fused-ring (bicyclic) bond motifs is 1. The number of benzene rings is 2. The van der Waals surface area contributed by atoms with Crippen molar-refractivity contribution in [2.45, 2.75) is 13.0 Å². The van der Waals surface area contributed by atoms with Crippen molar-refractivity contribution in [2.75, 3.05) is 14.2 Å². The van der Waals surface area contributed by atoms with Crippen molar-refractivity contribution in [3.8, 4) is 11.5 Å². The lowest BCUT2D eigenvalue weighted by molar-refractivity contribution is -0.120. The second-order valence-corrected chi connectivity index (χ2v) is 5.40. The monoisotopic (exact) mass is 325 g/mol. The molecule has 0 saturated heterocycles. The van der Waals surface area contributed by atoms with E-state index in [-0.39, 0.29) is 5.91 Å². The third-order valence-electron chi connectivity index (χ3n) is 3.79. The molecule has 1 amide bonds. The van der Waals surface area contributed by atoms with Gasteiger partial charge in [-0.25, -0.2) is 4.98 Å². The summed E-state index contributed by atoms with van der Waals surface area (Å²) < 4.78 is 10.5. The van der Waals surface area contributed by atoms with Crippen molar-refractivity contribution in [1.82, 2.24) is 15.3 Å². The average Bonchev–Trinajstić information content (AvgIpc) is 3.07. The number of carbonyl (C=O) groups is 1. The number of imidazole rings is 1. The zero-order chi connectivity index (χ0) is 16.9. The maximum absolute atomic E-state index is 12.1. The first kappa shape index (κ1) is 15.9. The van der Waals surface area contributed by atoms with Crippen molar-refractivity contribution in [3.63, 3.8) is 0 Å². The minimum absolute atomic E-state index is 0.0383. The molecule has 2 N–H and O–H groups in total. The summed E-state index contributed by atoms with van der Waals surface area (Å²) in [6.45, 7) is 0.436. The fraction of sp³-hybridized carbons (Fsp3) is 0.222. The van der Waals surface area contributed by atoms with E-state index < -0.39 is 0 Å². The molecular formula is C18H19N3O3. The van der Waals surface area contributed by atoms with E-state index in [0.29, 0.717) is 24.5 Å². The molecule has 1 heterocycles. The normalized spacial score (nSPS) is 10.6. The van der Waals surface area contributed by atoms with Crippen LogP contribution in [0.4, 0.5) is 0 Å². The molecule has 0 aliphatic heterocycles. The van der Waals surface area contributed by atoms with Crippen LogP contribution in [0, 0.1) is 0 Å². The summed E-state index contributed by atoms with van der Waals surface area (Å²) in [7, 11) is 3.18. The molecule has 3 aromatic rings. The third kappa shape index (κ3) is 3.48. The maximum Gasteiger partial charge on any atom is 0.224 e. The number of methoxy groups -OCH3 is 2. The molecule has 0 unspecified atom stereocenters. The van der Waals surface area contributed by atoms with Crippen LogP contribution in [-0.4, -0.2) is 30.1 Å². The predicted molar refractivity (Wildman–Crippen MR) is 91.2 cm³/mol. The fourth-order valence-electron chi connectivity index (χ4n) is 2.53. The highest BCUT2D eigenvalue weighted by atomic mass is 16.5. The molecule has 0 fully saturated rings. The highest BCUT2D eigenvalue weighted by Gasteiger charge is 2.08. The number of hydrogen-bond acceptors (Lipinski definition) is 4. The van der Waals surface area contributed by atoms with Crippen molar-refractivity contribution >= 4 is 16.9 Å². The van der Waals surface area contributed by atoms with E-state index in [1.807, 2.05) is 36.4 Å². The molecule has 0 atom stereocenters. The van der Waals surface area contributed by atoms with Crippen molar-refractivity contribution in [1.29, 1.82) is 0 Å². The first-order valence-electron chi connectivity index (χ1n) is 7.59.